The second-order valence-electron chi connectivity index (χ2n) is 5.69. The summed E-state index contributed by atoms with van der Waals surface area (Å²) in [6.07, 6.45) is 0. The minimum absolute atomic E-state index is 0.0834. The number of hydrogen-bond acceptors (Lipinski definition) is 4. The lowest BCUT2D eigenvalue weighted by molar-refractivity contribution is -0.115. The van der Waals surface area contributed by atoms with E-state index >= 15 is 0 Å². The number of benzene rings is 2. The second kappa shape index (κ2) is 9.21. The molecule has 27 heavy (non-hydrogen) atoms. The Morgan fingerprint density at radius 2 is 1.85 bits per heavy atom. The largest absolute Gasteiger partial charge is 0.324 e. The first-order chi connectivity index (χ1) is 13.0. The van der Waals surface area contributed by atoms with Gasteiger partial charge in [0.1, 0.15) is 0 Å². The lowest BCUT2D eigenvalue weighted by atomic mass is 10.3. The van der Waals surface area contributed by atoms with Gasteiger partial charge in [0.2, 0.25) is 5.91 Å². The van der Waals surface area contributed by atoms with Gasteiger partial charge in [-0.25, -0.2) is 0 Å². The number of anilines is 2. The monoisotopic (exact) mass is 460 g/mol. The molecule has 1 unspecified atom stereocenters. The van der Waals surface area contributed by atoms with Gasteiger partial charge in [0.05, 0.1) is 15.8 Å². The number of carbonyl (C=O) groups excluding carboxylic acids is 2. The average molecular weight is 461 g/mol. The van der Waals surface area contributed by atoms with E-state index in [0.717, 1.165) is 15.1 Å². The third-order valence-electron chi connectivity index (χ3n) is 3.65. The van der Waals surface area contributed by atoms with Gasteiger partial charge in [-0.3, -0.25) is 9.59 Å². The molecule has 0 radical (unpaired) electrons. The SMILES string of the molecule is CC(Sc1cccc(NC(=O)c2cccs2)c1)C(=O)Nc1ccccc1Br. The molecule has 0 aliphatic rings. The van der Waals surface area contributed by atoms with Crippen LogP contribution in [0.4, 0.5) is 11.4 Å². The van der Waals surface area contributed by atoms with Gasteiger partial charge >= 0.3 is 0 Å². The van der Waals surface area contributed by atoms with Crippen molar-refractivity contribution in [2.24, 2.45) is 0 Å². The molecule has 0 bridgehead atoms. The predicted octanol–water partition coefficient (Wildman–Crippen LogP) is 5.88. The van der Waals surface area contributed by atoms with Gasteiger partial charge in [-0.2, -0.15) is 0 Å². The summed E-state index contributed by atoms with van der Waals surface area (Å²) in [5.74, 6) is -0.216. The fourth-order valence-corrected chi connectivity index (χ4v) is 4.23. The van der Waals surface area contributed by atoms with E-state index < -0.39 is 0 Å². The maximum Gasteiger partial charge on any atom is 0.265 e. The summed E-state index contributed by atoms with van der Waals surface area (Å²) < 4.78 is 0.842. The number of nitrogens with one attached hydrogen (secondary N) is 2. The molecule has 0 saturated carbocycles. The molecule has 4 nitrogen and oxygen atoms in total. The molecule has 1 atom stereocenters. The van der Waals surface area contributed by atoms with Crippen LogP contribution >= 0.6 is 39.0 Å². The van der Waals surface area contributed by atoms with Crippen molar-refractivity contribution in [3.63, 3.8) is 0 Å². The van der Waals surface area contributed by atoms with E-state index in [2.05, 4.69) is 26.6 Å². The van der Waals surface area contributed by atoms with Crippen molar-refractivity contribution in [1.82, 2.24) is 0 Å². The second-order valence-corrected chi connectivity index (χ2v) is 8.90. The maximum atomic E-state index is 12.5. The summed E-state index contributed by atoms with van der Waals surface area (Å²) in [7, 11) is 0. The Morgan fingerprint density at radius 1 is 1.04 bits per heavy atom. The maximum absolute atomic E-state index is 12.5. The van der Waals surface area contributed by atoms with Crippen LogP contribution in [-0.2, 0) is 4.79 Å². The Labute approximate surface area is 174 Å². The highest BCUT2D eigenvalue weighted by Gasteiger charge is 2.16. The summed E-state index contributed by atoms with van der Waals surface area (Å²) in [5.41, 5.74) is 1.45. The smallest absolute Gasteiger partial charge is 0.265 e. The van der Waals surface area contributed by atoms with E-state index in [4.69, 9.17) is 0 Å². The van der Waals surface area contributed by atoms with Crippen molar-refractivity contribution in [2.45, 2.75) is 17.1 Å². The molecule has 1 heterocycles. The van der Waals surface area contributed by atoms with Crippen LogP contribution < -0.4 is 10.6 Å². The fraction of sp³-hybridized carbons (Fsp3) is 0.100. The first kappa shape index (κ1) is 19.7. The van der Waals surface area contributed by atoms with Crippen LogP contribution in [0.3, 0.4) is 0 Å². The van der Waals surface area contributed by atoms with Crippen molar-refractivity contribution in [3.8, 4) is 0 Å². The number of para-hydroxylation sites is 1. The van der Waals surface area contributed by atoms with Gasteiger partial charge in [-0.15, -0.1) is 23.1 Å². The van der Waals surface area contributed by atoms with Gasteiger partial charge in [0.25, 0.3) is 5.91 Å². The van der Waals surface area contributed by atoms with Crippen molar-refractivity contribution in [2.75, 3.05) is 10.6 Å². The normalized spacial score (nSPS) is 11.6. The minimum atomic E-state index is -0.291. The van der Waals surface area contributed by atoms with Crippen molar-refractivity contribution < 1.29 is 9.59 Å². The molecule has 0 spiro atoms. The molecule has 3 aromatic rings. The first-order valence-electron chi connectivity index (χ1n) is 8.20. The molecule has 0 aliphatic carbocycles. The molecule has 138 valence electrons. The Balaban J connectivity index is 1.62. The third kappa shape index (κ3) is 5.45. The number of rotatable bonds is 6. The summed E-state index contributed by atoms with van der Waals surface area (Å²) in [6, 6.07) is 18.6. The molecule has 3 rings (SSSR count). The van der Waals surface area contributed by atoms with E-state index in [1.54, 1.807) is 6.07 Å². The zero-order valence-electron chi connectivity index (χ0n) is 14.4. The summed E-state index contributed by atoms with van der Waals surface area (Å²) in [5, 5.41) is 7.38. The van der Waals surface area contributed by atoms with Gasteiger partial charge < -0.3 is 10.6 Å². The van der Waals surface area contributed by atoms with Crippen LogP contribution in [0, 0.1) is 0 Å². The fourth-order valence-electron chi connectivity index (χ4n) is 2.30. The molecule has 2 aromatic carbocycles. The van der Waals surface area contributed by atoms with E-state index in [-0.39, 0.29) is 17.1 Å². The molecule has 7 heteroatoms. The van der Waals surface area contributed by atoms with Crippen molar-refractivity contribution in [1.29, 1.82) is 0 Å². The van der Waals surface area contributed by atoms with E-state index in [0.29, 0.717) is 10.6 Å². The quantitative estimate of drug-likeness (QED) is 0.451. The average Bonchev–Trinajstić information content (AvgIpc) is 3.19. The highest BCUT2D eigenvalue weighted by molar-refractivity contribution is 9.10. The molecular formula is C20H17BrN2O2S2. The summed E-state index contributed by atoms with van der Waals surface area (Å²) in [4.78, 5) is 26.2. The molecule has 0 saturated heterocycles. The number of carbonyl (C=O) groups is 2. The number of amides is 2. The van der Waals surface area contributed by atoms with Crippen molar-refractivity contribution in [3.05, 3.63) is 75.4 Å². The Morgan fingerprint density at radius 3 is 2.59 bits per heavy atom. The molecular weight excluding hydrogens is 444 g/mol. The molecule has 1 aromatic heterocycles. The Bertz CT molecular complexity index is 945. The van der Waals surface area contributed by atoms with Crippen LogP contribution in [0.1, 0.15) is 16.6 Å². The predicted molar refractivity (Wildman–Crippen MR) is 117 cm³/mol. The molecule has 0 aliphatic heterocycles. The van der Waals surface area contributed by atoms with E-state index in [9.17, 15) is 9.59 Å². The van der Waals surface area contributed by atoms with E-state index in [1.807, 2.05) is 66.9 Å². The van der Waals surface area contributed by atoms with Gasteiger partial charge in [-0.1, -0.05) is 24.3 Å². The lowest BCUT2D eigenvalue weighted by Crippen LogP contribution is -2.22. The highest BCUT2D eigenvalue weighted by atomic mass is 79.9. The number of thiophene rings is 1. The van der Waals surface area contributed by atoms with Crippen LogP contribution in [-0.4, -0.2) is 17.1 Å². The lowest BCUT2D eigenvalue weighted by Gasteiger charge is -2.13. The van der Waals surface area contributed by atoms with Gasteiger partial charge in [0, 0.05) is 15.1 Å². The Kier molecular flexibility index (Phi) is 6.71. The zero-order chi connectivity index (χ0) is 19.2. The summed E-state index contributed by atoms with van der Waals surface area (Å²) >= 11 is 6.27. The molecule has 0 fully saturated rings. The standard InChI is InChI=1S/C20H17BrN2O2S2/c1-13(19(24)23-17-9-3-2-8-16(17)21)27-15-7-4-6-14(12-15)22-20(25)18-10-5-11-26-18/h2-13H,1H3,(H,22,25)(H,23,24). The van der Waals surface area contributed by atoms with Crippen molar-refractivity contribution >= 4 is 62.2 Å². The van der Waals surface area contributed by atoms with Gasteiger partial charge in [0.15, 0.2) is 0 Å². The number of thioether (sulfide) groups is 1. The highest BCUT2D eigenvalue weighted by Crippen LogP contribution is 2.28. The van der Waals surface area contributed by atoms with Gasteiger partial charge in [-0.05, 0) is 64.6 Å². The zero-order valence-corrected chi connectivity index (χ0v) is 17.7. The molecule has 2 N–H and O–H groups in total. The van der Waals surface area contributed by atoms with Crippen LogP contribution in [0.15, 0.2) is 75.4 Å². The topological polar surface area (TPSA) is 58.2 Å². The minimum Gasteiger partial charge on any atom is -0.324 e. The Hall–Kier alpha value is -2.09. The summed E-state index contributed by atoms with van der Waals surface area (Å²) in [6.45, 7) is 1.85. The number of halogens is 1. The van der Waals surface area contributed by atoms with E-state index in [1.165, 1.54) is 23.1 Å². The first-order valence-corrected chi connectivity index (χ1v) is 10.7. The number of hydrogen-bond donors (Lipinski definition) is 2. The van der Waals surface area contributed by atoms with Crippen LogP contribution in [0.5, 0.6) is 0 Å². The van der Waals surface area contributed by atoms with Crippen LogP contribution in [0.25, 0.3) is 0 Å². The van der Waals surface area contributed by atoms with Crippen LogP contribution in [0.2, 0.25) is 0 Å². The molecule has 2 amide bonds. The third-order valence-corrected chi connectivity index (χ3v) is 6.30.